The average Bonchev–Trinajstić information content (AvgIpc) is 3.54. The summed E-state index contributed by atoms with van der Waals surface area (Å²) < 4.78 is 4.06. The second-order valence-electron chi connectivity index (χ2n) is 13.5. The van der Waals surface area contributed by atoms with E-state index in [1.54, 1.807) is 30.3 Å². The van der Waals surface area contributed by atoms with Gasteiger partial charge in [0, 0.05) is 11.3 Å². The molecule has 1 saturated heterocycles. The first-order valence-corrected chi connectivity index (χ1v) is 17.0. The molecule has 10 heteroatoms. The van der Waals surface area contributed by atoms with Crippen molar-refractivity contribution in [3.05, 3.63) is 171 Å². The van der Waals surface area contributed by atoms with Crippen LogP contribution in [-0.4, -0.2) is 35.9 Å². The molecule has 0 bridgehead atoms. The molecule has 1 aromatic heterocycles. The number of fused-ring (bicyclic) bond motifs is 5. The van der Waals surface area contributed by atoms with E-state index in [2.05, 4.69) is 5.43 Å². The molecule has 252 valence electrons. The predicted molar refractivity (Wildman–Crippen MR) is 193 cm³/mol. The van der Waals surface area contributed by atoms with Crippen molar-refractivity contribution in [2.75, 3.05) is 5.43 Å². The number of carbonyl (C=O) groups is 2. The smallest absolute Gasteiger partial charge is 0.352 e. The molecule has 3 aliphatic rings. The summed E-state index contributed by atoms with van der Waals surface area (Å²) in [5.41, 5.74) is 4.91. The molecule has 0 spiro atoms. The molecule has 1 aliphatic carbocycles. The number of benzene rings is 5. The van der Waals surface area contributed by atoms with Crippen molar-refractivity contribution in [3.8, 4) is 11.4 Å². The van der Waals surface area contributed by atoms with Crippen LogP contribution in [-0.2, 0) is 21.5 Å². The number of aryl methyl sites for hydroxylation is 1. The van der Waals surface area contributed by atoms with E-state index in [0.29, 0.717) is 22.3 Å². The number of phenols is 1. The average molecular weight is 676 g/mol. The zero-order valence-electron chi connectivity index (χ0n) is 27.6. The van der Waals surface area contributed by atoms with E-state index < -0.39 is 46.5 Å². The van der Waals surface area contributed by atoms with Crippen LogP contribution in [0, 0.1) is 12.8 Å². The number of hydrazine groups is 1. The van der Waals surface area contributed by atoms with Gasteiger partial charge in [0.15, 0.2) is 0 Å². The number of hydrogen-bond acceptors (Lipinski definition) is 6. The monoisotopic (exact) mass is 675 g/mol. The minimum absolute atomic E-state index is 0.0890. The van der Waals surface area contributed by atoms with E-state index in [0.717, 1.165) is 31.7 Å². The number of imide groups is 1. The second-order valence-corrected chi connectivity index (χ2v) is 13.5. The maximum absolute atomic E-state index is 15.4. The molecule has 1 saturated carbocycles. The predicted octanol–water partition coefficient (Wildman–Crippen LogP) is 5.59. The van der Waals surface area contributed by atoms with Crippen LogP contribution in [0.2, 0.25) is 0 Å². The maximum Gasteiger partial charge on any atom is 0.352 e. The molecular formula is C41H33N5O5. The maximum atomic E-state index is 15.4. The second kappa shape index (κ2) is 11.3. The SMILES string of the molecule is Cc1ccc(NN2C(=O)[C@@H]3C[C@@H]4C(=CCn5c(=O)n(-c6ccccc6)c(=O)n54)[C@H](c4ccc(O)c5ccccc45)[C@]3(c3ccccc3)C2=O)cc1. The van der Waals surface area contributed by atoms with Gasteiger partial charge in [0.25, 0.3) is 11.8 Å². The minimum Gasteiger partial charge on any atom is -0.507 e. The van der Waals surface area contributed by atoms with Gasteiger partial charge in [-0.15, -0.1) is 0 Å². The summed E-state index contributed by atoms with van der Waals surface area (Å²) in [6, 6.07) is 35.8. The first-order valence-electron chi connectivity index (χ1n) is 17.0. The van der Waals surface area contributed by atoms with Gasteiger partial charge in [-0.25, -0.2) is 23.5 Å². The highest BCUT2D eigenvalue weighted by Gasteiger charge is 2.69. The molecule has 2 N–H and O–H groups in total. The Bertz CT molecular complexity index is 2530. The van der Waals surface area contributed by atoms with Gasteiger partial charge in [-0.2, -0.15) is 5.01 Å². The Balaban J connectivity index is 1.33. The normalized spacial score (nSPS) is 22.3. The summed E-state index contributed by atoms with van der Waals surface area (Å²) in [6.07, 6.45) is 2.05. The van der Waals surface area contributed by atoms with Crippen molar-refractivity contribution in [1.82, 2.24) is 18.9 Å². The van der Waals surface area contributed by atoms with Gasteiger partial charge in [0.2, 0.25) is 0 Å². The number of allylic oxidation sites excluding steroid dienone is 2. The standard InChI is InChI=1S/C41H33N5O5/c1-25-16-18-27(19-17-25)42-45-37(48)33-24-34-32(22-23-43-39(50)44(40(51)46(34)43)28-12-6-3-7-13-28)36(41(33,38(45)49)26-10-4-2-5-11-26)31-20-21-35(47)30-15-9-8-14-29(30)31/h2-22,33-34,36,42,47H,23-24H2,1H3/t33-,34+,36-,41+/m0/s1. The molecule has 51 heavy (non-hydrogen) atoms. The molecule has 0 radical (unpaired) electrons. The van der Waals surface area contributed by atoms with E-state index in [1.807, 2.05) is 104 Å². The highest BCUT2D eigenvalue weighted by atomic mass is 16.3. The van der Waals surface area contributed by atoms with Gasteiger partial charge in [-0.05, 0) is 65.8 Å². The molecule has 5 aromatic carbocycles. The van der Waals surface area contributed by atoms with E-state index in [1.165, 1.54) is 9.36 Å². The number of nitrogens with zero attached hydrogens (tertiary/aromatic N) is 4. The van der Waals surface area contributed by atoms with E-state index in [-0.39, 0.29) is 18.7 Å². The van der Waals surface area contributed by atoms with Crippen LogP contribution in [0.15, 0.2) is 143 Å². The zero-order valence-corrected chi connectivity index (χ0v) is 27.6. The first kappa shape index (κ1) is 30.6. The number of aromatic hydroxyl groups is 1. The lowest BCUT2D eigenvalue weighted by Gasteiger charge is -2.49. The highest BCUT2D eigenvalue weighted by Crippen LogP contribution is 2.62. The Morgan fingerprint density at radius 3 is 2.14 bits per heavy atom. The fourth-order valence-electron chi connectivity index (χ4n) is 8.71. The molecule has 9 rings (SSSR count). The van der Waals surface area contributed by atoms with Gasteiger partial charge in [-0.3, -0.25) is 15.0 Å². The number of phenolic OH excluding ortho intramolecular Hbond substituents is 1. The lowest BCUT2D eigenvalue weighted by Crippen LogP contribution is -2.53. The van der Waals surface area contributed by atoms with Crippen molar-refractivity contribution in [3.63, 3.8) is 0 Å². The number of para-hydroxylation sites is 1. The Labute approximate surface area is 292 Å². The number of anilines is 1. The Hall–Kier alpha value is -6.42. The number of carbonyl (C=O) groups excluding carboxylic acids is 2. The summed E-state index contributed by atoms with van der Waals surface area (Å²) in [7, 11) is 0. The quantitative estimate of drug-likeness (QED) is 0.182. The number of nitrogens with one attached hydrogen (secondary N) is 1. The number of amides is 2. The van der Waals surface area contributed by atoms with Crippen molar-refractivity contribution in [2.45, 2.75) is 37.3 Å². The molecule has 2 aliphatic heterocycles. The lowest BCUT2D eigenvalue weighted by atomic mass is 9.53. The Morgan fingerprint density at radius 2 is 1.41 bits per heavy atom. The van der Waals surface area contributed by atoms with Crippen LogP contribution in [0.1, 0.15) is 35.1 Å². The van der Waals surface area contributed by atoms with Crippen molar-refractivity contribution in [2.24, 2.45) is 5.92 Å². The van der Waals surface area contributed by atoms with Crippen LogP contribution >= 0.6 is 0 Å². The molecule has 2 fully saturated rings. The summed E-state index contributed by atoms with van der Waals surface area (Å²) in [4.78, 5) is 58.6. The van der Waals surface area contributed by atoms with Crippen LogP contribution in [0.25, 0.3) is 16.5 Å². The third-order valence-corrected chi connectivity index (χ3v) is 10.9. The van der Waals surface area contributed by atoms with Gasteiger partial charge < -0.3 is 5.11 Å². The number of rotatable bonds is 5. The van der Waals surface area contributed by atoms with Crippen molar-refractivity contribution < 1.29 is 14.7 Å². The largest absolute Gasteiger partial charge is 0.507 e. The summed E-state index contributed by atoms with van der Waals surface area (Å²) in [5.74, 6) is -2.44. The van der Waals surface area contributed by atoms with Crippen molar-refractivity contribution >= 4 is 28.3 Å². The van der Waals surface area contributed by atoms with Gasteiger partial charge in [0.05, 0.1) is 35.3 Å². The van der Waals surface area contributed by atoms with Gasteiger partial charge in [-0.1, -0.05) is 103 Å². The molecule has 4 atom stereocenters. The Morgan fingerprint density at radius 1 is 0.745 bits per heavy atom. The molecular weight excluding hydrogens is 642 g/mol. The molecule has 10 nitrogen and oxygen atoms in total. The summed E-state index contributed by atoms with van der Waals surface area (Å²) in [5, 5.41) is 13.4. The van der Waals surface area contributed by atoms with Crippen LogP contribution in [0.5, 0.6) is 5.75 Å². The fourth-order valence-corrected chi connectivity index (χ4v) is 8.71. The fraction of sp³-hybridized carbons (Fsp3) is 0.171. The van der Waals surface area contributed by atoms with Crippen LogP contribution < -0.4 is 16.8 Å². The number of hydrogen-bond donors (Lipinski definition) is 2. The van der Waals surface area contributed by atoms with Gasteiger partial charge >= 0.3 is 11.4 Å². The zero-order chi connectivity index (χ0) is 35.0. The first-order chi connectivity index (χ1) is 24.8. The molecule has 3 heterocycles. The van der Waals surface area contributed by atoms with E-state index in [9.17, 15) is 19.5 Å². The molecule has 6 aromatic rings. The van der Waals surface area contributed by atoms with Gasteiger partial charge in [0.1, 0.15) is 5.75 Å². The van der Waals surface area contributed by atoms with E-state index >= 15 is 4.79 Å². The van der Waals surface area contributed by atoms with Crippen LogP contribution in [0.4, 0.5) is 5.69 Å². The molecule has 2 amide bonds. The lowest BCUT2D eigenvalue weighted by molar-refractivity contribution is -0.138. The third kappa shape index (κ3) is 4.29. The number of aromatic nitrogens is 3. The van der Waals surface area contributed by atoms with E-state index in [4.69, 9.17) is 0 Å². The van der Waals surface area contributed by atoms with Crippen LogP contribution in [0.3, 0.4) is 0 Å². The molecule has 0 unspecified atom stereocenters. The summed E-state index contributed by atoms with van der Waals surface area (Å²) in [6.45, 7) is 2.05. The topological polar surface area (TPSA) is 119 Å². The summed E-state index contributed by atoms with van der Waals surface area (Å²) >= 11 is 0. The van der Waals surface area contributed by atoms with Crippen molar-refractivity contribution in [1.29, 1.82) is 0 Å². The minimum atomic E-state index is -1.44. The third-order valence-electron chi connectivity index (χ3n) is 10.9. The highest BCUT2D eigenvalue weighted by molar-refractivity contribution is 6.13. The Kier molecular flexibility index (Phi) is 6.79.